The summed E-state index contributed by atoms with van der Waals surface area (Å²) in [5.41, 5.74) is 1.34. The molecule has 1 heterocycles. The van der Waals surface area contributed by atoms with E-state index in [4.69, 9.17) is 0 Å². The third kappa shape index (κ3) is 3.44. The van der Waals surface area contributed by atoms with Gasteiger partial charge in [0, 0.05) is 5.39 Å². The molecule has 4 aromatic rings. The highest BCUT2D eigenvalue weighted by Gasteiger charge is 2.38. The Labute approximate surface area is 175 Å². The van der Waals surface area contributed by atoms with Gasteiger partial charge in [0.05, 0.1) is 15.3 Å². The number of rotatable bonds is 5. The van der Waals surface area contributed by atoms with Crippen LogP contribution in [0.3, 0.4) is 0 Å². The molecule has 0 aliphatic rings. The summed E-state index contributed by atoms with van der Waals surface area (Å²) in [6.45, 7) is 1.83. The van der Waals surface area contributed by atoms with Gasteiger partial charge in [-0.2, -0.15) is 16.8 Å². The lowest BCUT2D eigenvalue weighted by Gasteiger charge is -2.23. The fourth-order valence-electron chi connectivity index (χ4n) is 3.14. The SMILES string of the molecule is Cc1cccc2ccc(N(S(=O)(=O)c3ccccc3)S(=O)(=O)c3ccccc3)nc12. The Hall–Kier alpha value is -3.23. The van der Waals surface area contributed by atoms with Gasteiger partial charge < -0.3 is 0 Å². The van der Waals surface area contributed by atoms with E-state index >= 15 is 0 Å². The number of sulfonamides is 2. The number of pyridine rings is 1. The van der Waals surface area contributed by atoms with E-state index in [9.17, 15) is 16.8 Å². The Morgan fingerprint density at radius 3 is 1.70 bits per heavy atom. The number of nitrogens with zero attached hydrogens (tertiary/aromatic N) is 2. The van der Waals surface area contributed by atoms with Crippen molar-refractivity contribution in [1.29, 1.82) is 0 Å². The molecular formula is C22H18N2O4S2. The normalized spacial score (nSPS) is 12.0. The van der Waals surface area contributed by atoms with Crippen LogP contribution in [0.25, 0.3) is 10.9 Å². The fraction of sp³-hybridized carbons (Fsp3) is 0.0455. The first-order valence-electron chi connectivity index (χ1n) is 9.09. The molecule has 6 nitrogen and oxygen atoms in total. The Morgan fingerprint density at radius 2 is 1.17 bits per heavy atom. The van der Waals surface area contributed by atoms with E-state index in [0.717, 1.165) is 10.9 Å². The molecule has 0 unspecified atom stereocenters. The number of anilines is 1. The first-order chi connectivity index (χ1) is 14.3. The molecular weight excluding hydrogens is 420 g/mol. The average Bonchev–Trinajstić information content (AvgIpc) is 2.75. The van der Waals surface area contributed by atoms with Crippen LogP contribution < -0.4 is 3.71 Å². The lowest BCUT2D eigenvalue weighted by atomic mass is 10.1. The number of aryl methyl sites for hydroxylation is 1. The zero-order valence-corrected chi connectivity index (χ0v) is 17.6. The van der Waals surface area contributed by atoms with Gasteiger partial charge in [-0.05, 0) is 48.9 Å². The maximum absolute atomic E-state index is 13.5. The molecule has 3 aromatic carbocycles. The van der Waals surface area contributed by atoms with Gasteiger partial charge in [-0.25, -0.2) is 4.98 Å². The molecule has 4 rings (SSSR count). The number of fused-ring (bicyclic) bond motifs is 1. The standard InChI is InChI=1S/C22H18N2O4S2/c1-17-9-8-10-18-15-16-21(23-22(17)18)24(29(25,26)19-11-4-2-5-12-19)30(27,28)20-13-6-3-7-14-20/h2-16H,1H3. The van der Waals surface area contributed by atoms with Crippen LogP contribution in [0.5, 0.6) is 0 Å². The molecule has 0 bridgehead atoms. The quantitative estimate of drug-likeness (QED) is 0.468. The molecule has 1 aromatic heterocycles. The predicted molar refractivity (Wildman–Crippen MR) is 116 cm³/mol. The predicted octanol–water partition coefficient (Wildman–Crippen LogP) is 4.13. The lowest BCUT2D eigenvalue weighted by molar-refractivity contribution is 0.583. The molecule has 30 heavy (non-hydrogen) atoms. The Balaban J connectivity index is 2.01. The van der Waals surface area contributed by atoms with Crippen LogP contribution in [0.2, 0.25) is 0 Å². The minimum absolute atomic E-state index is 0.142. The van der Waals surface area contributed by atoms with Crippen molar-refractivity contribution >= 4 is 36.8 Å². The Morgan fingerprint density at radius 1 is 0.633 bits per heavy atom. The third-order valence-corrected chi connectivity index (χ3v) is 8.77. The number of hydrogen-bond acceptors (Lipinski definition) is 5. The van der Waals surface area contributed by atoms with E-state index in [1.807, 2.05) is 25.1 Å². The van der Waals surface area contributed by atoms with Crippen LogP contribution in [0, 0.1) is 6.92 Å². The van der Waals surface area contributed by atoms with Crippen molar-refractivity contribution in [2.75, 3.05) is 3.71 Å². The summed E-state index contributed by atoms with van der Waals surface area (Å²) < 4.78 is 54.3. The molecule has 152 valence electrons. The van der Waals surface area contributed by atoms with Crippen LogP contribution in [0.15, 0.2) is 101 Å². The van der Waals surface area contributed by atoms with Gasteiger partial charge in [-0.15, -0.1) is 3.71 Å². The van der Waals surface area contributed by atoms with Crippen LogP contribution in [0.4, 0.5) is 5.82 Å². The number of para-hydroxylation sites is 1. The van der Waals surface area contributed by atoms with Gasteiger partial charge in [0.1, 0.15) is 0 Å². The summed E-state index contributed by atoms with van der Waals surface area (Å²) in [4.78, 5) is 4.14. The van der Waals surface area contributed by atoms with Crippen LogP contribution in [-0.2, 0) is 20.0 Å². The highest BCUT2D eigenvalue weighted by molar-refractivity contribution is 8.10. The van der Waals surface area contributed by atoms with Gasteiger partial charge in [0.25, 0.3) is 20.0 Å². The summed E-state index contributed by atoms with van der Waals surface area (Å²) in [7, 11) is -8.92. The largest absolute Gasteiger partial charge is 0.279 e. The van der Waals surface area contributed by atoms with Gasteiger partial charge >= 0.3 is 0 Å². The van der Waals surface area contributed by atoms with E-state index in [2.05, 4.69) is 4.98 Å². The molecule has 0 fully saturated rings. The second-order valence-corrected chi connectivity index (χ2v) is 10.5. The summed E-state index contributed by atoms with van der Waals surface area (Å²) in [5, 5.41) is 0.785. The maximum atomic E-state index is 13.5. The Bertz CT molecular complexity index is 1350. The van der Waals surface area contributed by atoms with E-state index in [-0.39, 0.29) is 15.6 Å². The highest BCUT2D eigenvalue weighted by Crippen LogP contribution is 2.31. The molecule has 8 heteroatoms. The first-order valence-corrected chi connectivity index (χ1v) is 12.0. The van der Waals surface area contributed by atoms with Crippen molar-refractivity contribution in [3.05, 3.63) is 96.6 Å². The van der Waals surface area contributed by atoms with Crippen molar-refractivity contribution in [3.63, 3.8) is 0 Å². The van der Waals surface area contributed by atoms with Crippen molar-refractivity contribution in [2.45, 2.75) is 16.7 Å². The van der Waals surface area contributed by atoms with E-state index in [1.165, 1.54) is 54.6 Å². The second-order valence-electron chi connectivity index (χ2n) is 6.65. The summed E-state index contributed by atoms with van der Waals surface area (Å²) in [6, 6.07) is 23.5. The van der Waals surface area contributed by atoms with Gasteiger partial charge in [0.2, 0.25) is 0 Å². The first kappa shape index (κ1) is 20.1. The fourth-order valence-corrected chi connectivity index (χ4v) is 6.77. The molecule has 0 amide bonds. The van der Waals surface area contributed by atoms with Crippen LogP contribution in [0.1, 0.15) is 5.56 Å². The highest BCUT2D eigenvalue weighted by atomic mass is 32.3. The maximum Gasteiger partial charge on any atom is 0.279 e. The van der Waals surface area contributed by atoms with Crippen LogP contribution >= 0.6 is 0 Å². The van der Waals surface area contributed by atoms with Crippen molar-refractivity contribution in [3.8, 4) is 0 Å². The minimum atomic E-state index is -4.46. The van der Waals surface area contributed by atoms with Gasteiger partial charge in [0.15, 0.2) is 5.82 Å². The van der Waals surface area contributed by atoms with Gasteiger partial charge in [-0.1, -0.05) is 54.6 Å². The molecule has 0 saturated carbocycles. The van der Waals surface area contributed by atoms with Gasteiger partial charge in [-0.3, -0.25) is 0 Å². The average molecular weight is 439 g/mol. The minimum Gasteiger partial charge on any atom is -0.228 e. The monoisotopic (exact) mass is 438 g/mol. The molecule has 0 atom stereocenters. The third-order valence-electron chi connectivity index (χ3n) is 4.61. The van der Waals surface area contributed by atoms with Crippen LogP contribution in [-0.4, -0.2) is 21.8 Å². The van der Waals surface area contributed by atoms with Crippen molar-refractivity contribution in [1.82, 2.24) is 4.98 Å². The van der Waals surface area contributed by atoms with Crippen molar-refractivity contribution in [2.24, 2.45) is 0 Å². The topological polar surface area (TPSA) is 84.4 Å². The Kier molecular flexibility index (Phi) is 5.05. The zero-order chi connectivity index (χ0) is 21.4. The lowest BCUT2D eigenvalue weighted by Crippen LogP contribution is -2.37. The van der Waals surface area contributed by atoms with E-state index < -0.39 is 20.0 Å². The molecule has 0 N–H and O–H groups in total. The summed E-state index contributed by atoms with van der Waals surface area (Å²) in [5.74, 6) is -0.190. The molecule has 0 radical (unpaired) electrons. The zero-order valence-electron chi connectivity index (χ0n) is 16.0. The second kappa shape index (κ2) is 7.55. The summed E-state index contributed by atoms with van der Waals surface area (Å²) >= 11 is 0. The number of hydrogen-bond donors (Lipinski definition) is 0. The summed E-state index contributed by atoms with van der Waals surface area (Å²) in [6.07, 6.45) is 0. The van der Waals surface area contributed by atoms with E-state index in [1.54, 1.807) is 18.2 Å². The number of benzene rings is 3. The molecule has 0 aliphatic heterocycles. The molecule has 0 aliphatic carbocycles. The molecule has 0 spiro atoms. The number of aromatic nitrogens is 1. The van der Waals surface area contributed by atoms with Crippen molar-refractivity contribution < 1.29 is 16.8 Å². The smallest absolute Gasteiger partial charge is 0.228 e. The molecule has 0 saturated heterocycles. The van der Waals surface area contributed by atoms with E-state index in [0.29, 0.717) is 9.23 Å².